The Labute approximate surface area is 199 Å². The number of hydrogen-bond donors (Lipinski definition) is 1. The van der Waals surface area contributed by atoms with Crippen molar-refractivity contribution in [3.8, 4) is 0 Å². The zero-order chi connectivity index (χ0) is 22.6. The van der Waals surface area contributed by atoms with Gasteiger partial charge < -0.3 is 5.32 Å². The van der Waals surface area contributed by atoms with Crippen LogP contribution < -0.4 is 5.32 Å². The van der Waals surface area contributed by atoms with Crippen molar-refractivity contribution in [3.63, 3.8) is 0 Å². The summed E-state index contributed by atoms with van der Waals surface area (Å²) in [6.45, 7) is 2.85. The van der Waals surface area contributed by atoms with Gasteiger partial charge in [-0.25, -0.2) is 5.01 Å². The third-order valence-electron chi connectivity index (χ3n) is 5.91. The first-order valence-electron chi connectivity index (χ1n) is 11.1. The lowest BCUT2D eigenvalue weighted by Crippen LogP contribution is -2.37. The number of aromatic nitrogens is 2. The Kier molecular flexibility index (Phi) is 6.09. The molecule has 2 heterocycles. The predicted octanol–water partition coefficient (Wildman–Crippen LogP) is 5.21. The summed E-state index contributed by atoms with van der Waals surface area (Å²) in [6.07, 6.45) is 5.12. The van der Waals surface area contributed by atoms with Crippen molar-refractivity contribution in [2.24, 2.45) is 5.10 Å². The van der Waals surface area contributed by atoms with Crippen molar-refractivity contribution in [1.82, 2.24) is 20.3 Å². The van der Waals surface area contributed by atoms with E-state index in [0.29, 0.717) is 5.11 Å². The van der Waals surface area contributed by atoms with Gasteiger partial charge in [-0.15, -0.1) is 0 Å². The van der Waals surface area contributed by atoms with Crippen molar-refractivity contribution in [2.45, 2.75) is 25.8 Å². The Morgan fingerprint density at radius 3 is 2.52 bits per heavy atom. The van der Waals surface area contributed by atoms with E-state index >= 15 is 0 Å². The van der Waals surface area contributed by atoms with E-state index in [1.54, 1.807) is 12.4 Å². The van der Waals surface area contributed by atoms with E-state index in [0.717, 1.165) is 47.3 Å². The van der Waals surface area contributed by atoms with Gasteiger partial charge in [0.15, 0.2) is 5.11 Å². The topological polar surface area (TPSA) is 53.4 Å². The van der Waals surface area contributed by atoms with Crippen LogP contribution in [0.25, 0.3) is 11.0 Å². The number of fused-ring (bicyclic) bond motifs is 1. The summed E-state index contributed by atoms with van der Waals surface area (Å²) in [5.74, 6) is 0. The molecule has 1 atom stereocenters. The van der Waals surface area contributed by atoms with Gasteiger partial charge in [-0.2, -0.15) is 5.10 Å². The lowest BCUT2D eigenvalue weighted by Gasteiger charge is -2.25. The predicted molar refractivity (Wildman–Crippen MR) is 137 cm³/mol. The first-order chi connectivity index (χ1) is 16.2. The lowest BCUT2D eigenvalue weighted by molar-refractivity contribution is 0.364. The van der Waals surface area contributed by atoms with Crippen LogP contribution in [0.4, 0.5) is 0 Å². The van der Waals surface area contributed by atoms with Crippen LogP contribution in [0.5, 0.6) is 0 Å². The van der Waals surface area contributed by atoms with Crippen LogP contribution in [-0.2, 0) is 6.42 Å². The molecule has 0 bridgehead atoms. The number of nitrogens with zero attached hydrogens (tertiary/aromatic N) is 4. The summed E-state index contributed by atoms with van der Waals surface area (Å²) in [6, 6.07) is 25.2. The molecule has 4 aromatic rings. The molecule has 0 aliphatic carbocycles. The minimum absolute atomic E-state index is 0.00411. The second kappa shape index (κ2) is 9.46. The third kappa shape index (κ3) is 4.76. The smallest absolute Gasteiger partial charge is 0.190 e. The Morgan fingerprint density at radius 2 is 1.73 bits per heavy atom. The molecule has 0 saturated carbocycles. The van der Waals surface area contributed by atoms with Crippen LogP contribution in [0.3, 0.4) is 0 Å². The normalized spacial score (nSPS) is 15.5. The van der Waals surface area contributed by atoms with Crippen LogP contribution >= 0.6 is 12.2 Å². The standard InChI is InChI=1S/C27H25N5S/c1-19-7-9-21(10-8-19)24-18-26(22-11-12-23-25(17-22)29-16-15-28-23)32(31-24)27(33)30-14-13-20-5-3-2-4-6-20/h2-12,15-17,26H,13-14,18H2,1H3,(H,30,33). The maximum Gasteiger partial charge on any atom is 0.190 e. The highest BCUT2D eigenvalue weighted by atomic mass is 32.1. The van der Waals surface area contributed by atoms with Crippen LogP contribution in [0, 0.1) is 6.92 Å². The number of benzene rings is 3. The summed E-state index contributed by atoms with van der Waals surface area (Å²) >= 11 is 5.81. The minimum Gasteiger partial charge on any atom is -0.361 e. The fourth-order valence-electron chi connectivity index (χ4n) is 4.10. The van der Waals surface area contributed by atoms with Crippen LogP contribution in [0.15, 0.2) is 90.3 Å². The van der Waals surface area contributed by atoms with E-state index < -0.39 is 0 Å². The van der Waals surface area contributed by atoms with Crippen LogP contribution in [-0.4, -0.2) is 32.3 Å². The SMILES string of the molecule is Cc1ccc(C2=NN(C(=S)NCCc3ccccc3)C(c3ccc4nccnc4c3)C2)cc1. The van der Waals surface area contributed by atoms with Gasteiger partial charge in [0.05, 0.1) is 22.8 Å². The highest BCUT2D eigenvalue weighted by molar-refractivity contribution is 7.80. The quantitative estimate of drug-likeness (QED) is 0.422. The number of hydrogen-bond acceptors (Lipinski definition) is 4. The monoisotopic (exact) mass is 451 g/mol. The zero-order valence-corrected chi connectivity index (χ0v) is 19.3. The largest absolute Gasteiger partial charge is 0.361 e. The fourth-order valence-corrected chi connectivity index (χ4v) is 4.37. The average molecular weight is 452 g/mol. The maximum atomic E-state index is 5.81. The van der Waals surface area contributed by atoms with Gasteiger partial charge in [0.2, 0.25) is 0 Å². The molecule has 1 aliphatic heterocycles. The molecule has 1 aliphatic rings. The summed E-state index contributed by atoms with van der Waals surface area (Å²) in [7, 11) is 0. The summed E-state index contributed by atoms with van der Waals surface area (Å²) in [5.41, 5.74) is 7.56. The van der Waals surface area contributed by atoms with Gasteiger partial charge in [-0.05, 0) is 54.4 Å². The number of thiocarbonyl (C=S) groups is 1. The molecular weight excluding hydrogens is 426 g/mol. The van der Waals surface area contributed by atoms with Crippen molar-refractivity contribution >= 4 is 34.1 Å². The van der Waals surface area contributed by atoms with E-state index in [1.165, 1.54) is 11.1 Å². The fraction of sp³-hybridized carbons (Fsp3) is 0.185. The summed E-state index contributed by atoms with van der Waals surface area (Å²) < 4.78 is 0. The first-order valence-corrected chi connectivity index (χ1v) is 11.5. The third-order valence-corrected chi connectivity index (χ3v) is 6.25. The molecule has 0 fully saturated rings. The van der Waals surface area contributed by atoms with E-state index in [1.807, 2.05) is 17.1 Å². The molecule has 6 heteroatoms. The van der Waals surface area contributed by atoms with Crippen molar-refractivity contribution < 1.29 is 0 Å². The second-order valence-corrected chi connectivity index (χ2v) is 8.64. The number of nitrogens with one attached hydrogen (secondary N) is 1. The number of hydrazone groups is 1. The molecule has 1 aromatic heterocycles. The van der Waals surface area contributed by atoms with Gasteiger partial charge >= 0.3 is 0 Å². The van der Waals surface area contributed by atoms with Crippen LogP contribution in [0.1, 0.15) is 34.7 Å². The van der Waals surface area contributed by atoms with Gasteiger partial charge in [0, 0.05) is 25.4 Å². The summed E-state index contributed by atoms with van der Waals surface area (Å²) in [5, 5.41) is 11.0. The molecular formula is C27H25N5S. The second-order valence-electron chi connectivity index (χ2n) is 8.25. The minimum atomic E-state index is 0.00411. The Hall–Kier alpha value is -3.64. The van der Waals surface area contributed by atoms with E-state index in [4.69, 9.17) is 17.3 Å². The van der Waals surface area contributed by atoms with E-state index in [-0.39, 0.29) is 6.04 Å². The molecule has 33 heavy (non-hydrogen) atoms. The molecule has 5 rings (SSSR count). The highest BCUT2D eigenvalue weighted by Crippen LogP contribution is 2.33. The zero-order valence-electron chi connectivity index (χ0n) is 18.5. The van der Waals surface area contributed by atoms with Gasteiger partial charge in [0.25, 0.3) is 0 Å². The lowest BCUT2D eigenvalue weighted by atomic mass is 9.97. The molecule has 0 amide bonds. The van der Waals surface area contributed by atoms with Crippen molar-refractivity contribution in [1.29, 1.82) is 0 Å². The first kappa shape index (κ1) is 21.2. The van der Waals surface area contributed by atoms with E-state index in [9.17, 15) is 0 Å². The van der Waals surface area contributed by atoms with Crippen molar-refractivity contribution in [2.75, 3.05) is 6.54 Å². The highest BCUT2D eigenvalue weighted by Gasteiger charge is 2.31. The number of rotatable bonds is 5. The Bertz CT molecular complexity index is 1300. The molecule has 5 nitrogen and oxygen atoms in total. The number of aryl methyl sites for hydroxylation is 1. The summed E-state index contributed by atoms with van der Waals surface area (Å²) in [4.78, 5) is 8.89. The van der Waals surface area contributed by atoms with Crippen molar-refractivity contribution in [3.05, 3.63) is 107 Å². The van der Waals surface area contributed by atoms with Gasteiger partial charge in [0.1, 0.15) is 0 Å². The van der Waals surface area contributed by atoms with Gasteiger partial charge in [-0.3, -0.25) is 9.97 Å². The van der Waals surface area contributed by atoms with Crippen LogP contribution in [0.2, 0.25) is 0 Å². The Morgan fingerprint density at radius 1 is 0.970 bits per heavy atom. The Balaban J connectivity index is 1.40. The molecule has 164 valence electrons. The average Bonchev–Trinajstić information content (AvgIpc) is 3.30. The molecule has 1 N–H and O–H groups in total. The van der Waals surface area contributed by atoms with Gasteiger partial charge in [-0.1, -0.05) is 66.2 Å². The molecule has 3 aromatic carbocycles. The molecule has 0 saturated heterocycles. The molecule has 0 spiro atoms. The van der Waals surface area contributed by atoms with E-state index in [2.05, 4.69) is 82.9 Å². The maximum absolute atomic E-state index is 5.81. The molecule has 1 unspecified atom stereocenters. The molecule has 0 radical (unpaired) electrons.